The van der Waals surface area contributed by atoms with Crippen molar-refractivity contribution in [3.05, 3.63) is 18.2 Å². The standard InChI is InChI=1S/C13H19ClN2O/c1-2-17-13-5-3-4-12(15-13)16-9-7-11(10-16)6-8-14/h3-5,11H,2,6-10H2,1H3. The van der Waals surface area contributed by atoms with Crippen LogP contribution >= 0.6 is 11.6 Å². The van der Waals surface area contributed by atoms with E-state index in [-0.39, 0.29) is 0 Å². The zero-order valence-corrected chi connectivity index (χ0v) is 11.0. The van der Waals surface area contributed by atoms with Gasteiger partial charge in [-0.15, -0.1) is 11.6 Å². The third kappa shape index (κ3) is 3.25. The van der Waals surface area contributed by atoms with Crippen LogP contribution in [0.5, 0.6) is 5.88 Å². The fourth-order valence-electron chi connectivity index (χ4n) is 2.24. The van der Waals surface area contributed by atoms with Crippen LogP contribution in [0.3, 0.4) is 0 Å². The van der Waals surface area contributed by atoms with E-state index in [1.54, 1.807) is 0 Å². The summed E-state index contributed by atoms with van der Waals surface area (Å²) < 4.78 is 5.42. The summed E-state index contributed by atoms with van der Waals surface area (Å²) in [6.45, 7) is 4.77. The Morgan fingerprint density at radius 2 is 2.41 bits per heavy atom. The minimum Gasteiger partial charge on any atom is -0.478 e. The highest BCUT2D eigenvalue weighted by atomic mass is 35.5. The van der Waals surface area contributed by atoms with E-state index < -0.39 is 0 Å². The summed E-state index contributed by atoms with van der Waals surface area (Å²) in [4.78, 5) is 6.83. The Labute approximate surface area is 108 Å². The van der Waals surface area contributed by atoms with Crippen LogP contribution in [0, 0.1) is 5.92 Å². The van der Waals surface area contributed by atoms with Crippen LogP contribution in [0.4, 0.5) is 5.82 Å². The van der Waals surface area contributed by atoms with Crippen molar-refractivity contribution in [1.29, 1.82) is 0 Å². The van der Waals surface area contributed by atoms with E-state index in [1.807, 2.05) is 25.1 Å². The van der Waals surface area contributed by atoms with Crippen LogP contribution in [0.2, 0.25) is 0 Å². The largest absolute Gasteiger partial charge is 0.478 e. The molecule has 0 saturated carbocycles. The Bertz CT molecular complexity index is 359. The number of hydrogen-bond donors (Lipinski definition) is 0. The molecule has 2 rings (SSSR count). The van der Waals surface area contributed by atoms with Crippen molar-refractivity contribution >= 4 is 17.4 Å². The highest BCUT2D eigenvalue weighted by Gasteiger charge is 2.22. The number of nitrogens with zero attached hydrogens (tertiary/aromatic N) is 2. The first-order valence-electron chi connectivity index (χ1n) is 6.24. The summed E-state index contributed by atoms with van der Waals surface area (Å²) in [5, 5.41) is 0. The quantitative estimate of drug-likeness (QED) is 0.756. The molecule has 1 aromatic rings. The van der Waals surface area contributed by atoms with Crippen molar-refractivity contribution in [3.8, 4) is 5.88 Å². The van der Waals surface area contributed by atoms with Gasteiger partial charge in [0.2, 0.25) is 5.88 Å². The summed E-state index contributed by atoms with van der Waals surface area (Å²) in [7, 11) is 0. The van der Waals surface area contributed by atoms with Crippen molar-refractivity contribution in [1.82, 2.24) is 4.98 Å². The first-order valence-corrected chi connectivity index (χ1v) is 6.77. The van der Waals surface area contributed by atoms with Crippen LogP contribution in [0.15, 0.2) is 18.2 Å². The van der Waals surface area contributed by atoms with E-state index in [0.717, 1.165) is 31.2 Å². The van der Waals surface area contributed by atoms with Crippen LogP contribution in [-0.4, -0.2) is 30.6 Å². The maximum atomic E-state index is 5.79. The fourth-order valence-corrected chi connectivity index (χ4v) is 2.55. The molecule has 1 aliphatic heterocycles. The SMILES string of the molecule is CCOc1cccc(N2CCC(CCCl)C2)n1. The number of anilines is 1. The molecule has 17 heavy (non-hydrogen) atoms. The molecule has 1 aliphatic rings. The van der Waals surface area contributed by atoms with Crippen LogP contribution in [0.1, 0.15) is 19.8 Å². The van der Waals surface area contributed by atoms with Crippen molar-refractivity contribution in [2.24, 2.45) is 5.92 Å². The van der Waals surface area contributed by atoms with E-state index >= 15 is 0 Å². The second-order valence-electron chi connectivity index (χ2n) is 4.35. The number of halogens is 1. The molecule has 4 heteroatoms. The third-order valence-corrected chi connectivity index (χ3v) is 3.35. The topological polar surface area (TPSA) is 25.4 Å². The number of hydrogen-bond acceptors (Lipinski definition) is 3. The molecule has 0 amide bonds. The first kappa shape index (κ1) is 12.5. The van der Waals surface area contributed by atoms with E-state index in [4.69, 9.17) is 16.3 Å². The zero-order chi connectivity index (χ0) is 12.1. The van der Waals surface area contributed by atoms with Crippen LogP contribution in [0.25, 0.3) is 0 Å². The maximum absolute atomic E-state index is 5.79. The molecule has 1 aromatic heterocycles. The highest BCUT2D eigenvalue weighted by Crippen LogP contribution is 2.25. The van der Waals surface area contributed by atoms with Crippen molar-refractivity contribution in [3.63, 3.8) is 0 Å². The van der Waals surface area contributed by atoms with Crippen LogP contribution in [-0.2, 0) is 0 Å². The van der Waals surface area contributed by atoms with E-state index in [1.165, 1.54) is 6.42 Å². The first-order chi connectivity index (χ1) is 8.33. The van der Waals surface area contributed by atoms with E-state index in [2.05, 4.69) is 9.88 Å². The second kappa shape index (κ2) is 6.10. The van der Waals surface area contributed by atoms with E-state index in [0.29, 0.717) is 18.4 Å². The van der Waals surface area contributed by atoms with Crippen molar-refractivity contribution in [2.45, 2.75) is 19.8 Å². The van der Waals surface area contributed by atoms with Gasteiger partial charge in [0.05, 0.1) is 6.61 Å². The molecular formula is C13H19ClN2O. The molecule has 1 saturated heterocycles. The lowest BCUT2D eigenvalue weighted by Crippen LogP contribution is -2.21. The summed E-state index contributed by atoms with van der Waals surface area (Å²) >= 11 is 5.79. The van der Waals surface area contributed by atoms with Crippen molar-refractivity contribution < 1.29 is 4.74 Å². The lowest BCUT2D eigenvalue weighted by Gasteiger charge is -2.18. The molecule has 0 aromatic carbocycles. The van der Waals surface area contributed by atoms with Gasteiger partial charge in [-0.3, -0.25) is 0 Å². The highest BCUT2D eigenvalue weighted by molar-refractivity contribution is 6.17. The molecule has 1 fully saturated rings. The number of aromatic nitrogens is 1. The van der Waals surface area contributed by atoms with Gasteiger partial charge in [-0.05, 0) is 31.7 Å². The lowest BCUT2D eigenvalue weighted by atomic mass is 10.1. The molecule has 94 valence electrons. The molecule has 1 unspecified atom stereocenters. The number of rotatable bonds is 5. The molecule has 0 bridgehead atoms. The Hall–Kier alpha value is -0.960. The van der Waals surface area contributed by atoms with Gasteiger partial charge in [-0.2, -0.15) is 4.98 Å². The van der Waals surface area contributed by atoms with Gasteiger partial charge < -0.3 is 9.64 Å². The number of pyridine rings is 1. The Morgan fingerprint density at radius 1 is 1.53 bits per heavy atom. The Morgan fingerprint density at radius 3 is 3.18 bits per heavy atom. The molecule has 0 aliphatic carbocycles. The third-order valence-electron chi connectivity index (χ3n) is 3.13. The Kier molecular flexibility index (Phi) is 4.49. The van der Waals surface area contributed by atoms with Gasteiger partial charge in [0, 0.05) is 25.0 Å². The molecule has 0 radical (unpaired) electrons. The minimum absolute atomic E-state index is 0.658. The molecule has 3 nitrogen and oxygen atoms in total. The maximum Gasteiger partial charge on any atom is 0.215 e. The summed E-state index contributed by atoms with van der Waals surface area (Å²) in [6.07, 6.45) is 2.32. The average molecular weight is 255 g/mol. The predicted molar refractivity (Wildman–Crippen MR) is 71.1 cm³/mol. The van der Waals surface area contributed by atoms with Gasteiger partial charge in [0.1, 0.15) is 5.82 Å². The molecule has 1 atom stereocenters. The van der Waals surface area contributed by atoms with Gasteiger partial charge in [-0.25, -0.2) is 0 Å². The van der Waals surface area contributed by atoms with Gasteiger partial charge in [0.15, 0.2) is 0 Å². The van der Waals surface area contributed by atoms with Gasteiger partial charge >= 0.3 is 0 Å². The average Bonchev–Trinajstić information content (AvgIpc) is 2.79. The predicted octanol–water partition coefficient (Wildman–Crippen LogP) is 2.94. The molecule has 2 heterocycles. The second-order valence-corrected chi connectivity index (χ2v) is 4.72. The smallest absolute Gasteiger partial charge is 0.215 e. The zero-order valence-electron chi connectivity index (χ0n) is 10.2. The monoisotopic (exact) mass is 254 g/mol. The van der Waals surface area contributed by atoms with Crippen LogP contribution < -0.4 is 9.64 Å². The van der Waals surface area contributed by atoms with Crippen molar-refractivity contribution in [2.75, 3.05) is 30.5 Å². The fraction of sp³-hybridized carbons (Fsp3) is 0.615. The van der Waals surface area contributed by atoms with Gasteiger partial charge in [0.25, 0.3) is 0 Å². The molecule has 0 spiro atoms. The minimum atomic E-state index is 0.658. The summed E-state index contributed by atoms with van der Waals surface area (Å²) in [5.41, 5.74) is 0. The molecule has 0 N–H and O–H groups in total. The Balaban J connectivity index is 2.00. The number of ether oxygens (including phenoxy) is 1. The normalized spacial score (nSPS) is 19.6. The molecular weight excluding hydrogens is 236 g/mol. The summed E-state index contributed by atoms with van der Waals surface area (Å²) in [6, 6.07) is 5.95. The lowest BCUT2D eigenvalue weighted by molar-refractivity contribution is 0.327. The van der Waals surface area contributed by atoms with Gasteiger partial charge in [-0.1, -0.05) is 6.07 Å². The summed E-state index contributed by atoms with van der Waals surface area (Å²) in [5.74, 6) is 3.20. The van der Waals surface area contributed by atoms with E-state index in [9.17, 15) is 0 Å². The number of alkyl halides is 1.